The standard InChI is InChI=1S/C14H19N3/c1-3-6-11(9-10-15)14-16-12-7-4-5-8-13(12)17(14)2/h3,5-6,8H,1,4,7,9-10,15H2,2H3/b11-6+. The smallest absolute Gasteiger partial charge is 0.136 e. The van der Waals surface area contributed by atoms with Crippen molar-refractivity contribution in [2.45, 2.75) is 19.3 Å². The van der Waals surface area contributed by atoms with Crippen molar-refractivity contribution in [2.75, 3.05) is 6.54 Å². The molecule has 0 atom stereocenters. The number of aryl methyl sites for hydroxylation is 1. The molecule has 2 N–H and O–H groups in total. The van der Waals surface area contributed by atoms with E-state index in [4.69, 9.17) is 10.7 Å². The molecule has 3 nitrogen and oxygen atoms in total. The minimum absolute atomic E-state index is 0.632. The van der Waals surface area contributed by atoms with Gasteiger partial charge in [-0.2, -0.15) is 0 Å². The molecule has 0 spiro atoms. The fourth-order valence-corrected chi connectivity index (χ4v) is 2.23. The van der Waals surface area contributed by atoms with E-state index in [1.807, 2.05) is 6.08 Å². The average Bonchev–Trinajstić information content (AvgIpc) is 2.67. The first-order valence-corrected chi connectivity index (χ1v) is 6.02. The lowest BCUT2D eigenvalue weighted by Crippen LogP contribution is -2.04. The van der Waals surface area contributed by atoms with Crippen LogP contribution in [0.4, 0.5) is 0 Å². The second kappa shape index (κ2) is 5.15. The number of hydrogen-bond acceptors (Lipinski definition) is 2. The van der Waals surface area contributed by atoms with Crippen LogP contribution < -0.4 is 5.73 Å². The van der Waals surface area contributed by atoms with E-state index in [9.17, 15) is 0 Å². The number of nitrogens with two attached hydrogens (primary N) is 1. The van der Waals surface area contributed by atoms with E-state index >= 15 is 0 Å². The summed E-state index contributed by atoms with van der Waals surface area (Å²) in [5, 5.41) is 0. The Kier molecular flexibility index (Phi) is 3.59. The van der Waals surface area contributed by atoms with Gasteiger partial charge in [-0.3, -0.25) is 0 Å². The first-order chi connectivity index (χ1) is 8.27. The van der Waals surface area contributed by atoms with Gasteiger partial charge in [0.2, 0.25) is 0 Å². The first-order valence-electron chi connectivity index (χ1n) is 6.02. The molecule has 0 aliphatic heterocycles. The van der Waals surface area contributed by atoms with Gasteiger partial charge in [0.05, 0.1) is 11.4 Å². The average molecular weight is 229 g/mol. The minimum Gasteiger partial charge on any atom is -0.330 e. The molecule has 3 heteroatoms. The van der Waals surface area contributed by atoms with Crippen molar-refractivity contribution in [2.24, 2.45) is 12.8 Å². The van der Waals surface area contributed by atoms with Gasteiger partial charge in [-0.25, -0.2) is 4.98 Å². The zero-order chi connectivity index (χ0) is 12.3. The largest absolute Gasteiger partial charge is 0.330 e. The summed E-state index contributed by atoms with van der Waals surface area (Å²) in [5.41, 5.74) is 9.22. The molecule has 1 aliphatic rings. The van der Waals surface area contributed by atoms with Crippen LogP contribution in [0, 0.1) is 0 Å². The Hall–Kier alpha value is -1.61. The summed E-state index contributed by atoms with van der Waals surface area (Å²) in [7, 11) is 2.06. The van der Waals surface area contributed by atoms with Crippen LogP contribution in [0.5, 0.6) is 0 Å². The van der Waals surface area contributed by atoms with Gasteiger partial charge in [0.15, 0.2) is 0 Å². The molecule has 0 fully saturated rings. The highest BCUT2D eigenvalue weighted by molar-refractivity contribution is 5.65. The van der Waals surface area contributed by atoms with E-state index in [2.05, 4.69) is 30.3 Å². The molecular weight excluding hydrogens is 210 g/mol. The normalized spacial score (nSPS) is 14.8. The molecule has 1 heterocycles. The number of imidazole rings is 1. The van der Waals surface area contributed by atoms with Crippen LogP contribution in [-0.2, 0) is 13.5 Å². The van der Waals surface area contributed by atoms with Crippen LogP contribution in [-0.4, -0.2) is 16.1 Å². The third-order valence-corrected chi connectivity index (χ3v) is 3.06. The summed E-state index contributed by atoms with van der Waals surface area (Å²) in [5.74, 6) is 1.02. The number of fused-ring (bicyclic) bond motifs is 1. The van der Waals surface area contributed by atoms with Crippen LogP contribution >= 0.6 is 0 Å². The zero-order valence-corrected chi connectivity index (χ0v) is 10.3. The quantitative estimate of drug-likeness (QED) is 0.805. The fraction of sp³-hybridized carbons (Fsp3) is 0.357. The van der Waals surface area contributed by atoms with Gasteiger partial charge in [0.25, 0.3) is 0 Å². The highest BCUT2D eigenvalue weighted by Crippen LogP contribution is 2.24. The van der Waals surface area contributed by atoms with Gasteiger partial charge in [0.1, 0.15) is 5.82 Å². The maximum atomic E-state index is 5.64. The monoisotopic (exact) mass is 229 g/mol. The molecule has 0 unspecified atom stereocenters. The van der Waals surface area contributed by atoms with Crippen molar-refractivity contribution in [3.63, 3.8) is 0 Å². The van der Waals surface area contributed by atoms with E-state index < -0.39 is 0 Å². The molecule has 0 saturated heterocycles. The Labute approximate surface area is 102 Å². The van der Waals surface area contributed by atoms with Crippen molar-refractivity contribution in [1.82, 2.24) is 9.55 Å². The van der Waals surface area contributed by atoms with Crippen molar-refractivity contribution >= 4 is 11.6 Å². The van der Waals surface area contributed by atoms with Gasteiger partial charge in [0, 0.05) is 7.05 Å². The summed E-state index contributed by atoms with van der Waals surface area (Å²) in [6.07, 6.45) is 11.1. The number of rotatable bonds is 4. The van der Waals surface area contributed by atoms with Gasteiger partial charge in [-0.15, -0.1) is 0 Å². The zero-order valence-electron chi connectivity index (χ0n) is 10.3. The molecule has 2 rings (SSSR count). The predicted octanol–water partition coefficient (Wildman–Crippen LogP) is 2.30. The Balaban J connectivity index is 2.44. The van der Waals surface area contributed by atoms with Gasteiger partial charge in [-0.05, 0) is 37.5 Å². The lowest BCUT2D eigenvalue weighted by atomic mass is 10.1. The number of nitrogens with zero attached hydrogens (tertiary/aromatic N) is 2. The molecule has 0 radical (unpaired) electrons. The second-order valence-electron chi connectivity index (χ2n) is 4.23. The third-order valence-electron chi connectivity index (χ3n) is 3.06. The maximum absolute atomic E-state index is 5.64. The SMILES string of the molecule is C=C/C=C(\CCN)c1nc2c(n1C)C=CCC2. The van der Waals surface area contributed by atoms with Crippen LogP contribution in [0.3, 0.4) is 0 Å². The van der Waals surface area contributed by atoms with Gasteiger partial charge in [-0.1, -0.05) is 24.8 Å². The highest BCUT2D eigenvalue weighted by Gasteiger charge is 2.16. The highest BCUT2D eigenvalue weighted by atomic mass is 15.1. The minimum atomic E-state index is 0.632. The van der Waals surface area contributed by atoms with E-state index in [1.165, 1.54) is 11.4 Å². The molecule has 17 heavy (non-hydrogen) atoms. The fourth-order valence-electron chi connectivity index (χ4n) is 2.23. The molecule has 0 bridgehead atoms. The molecule has 1 aromatic heterocycles. The summed E-state index contributed by atoms with van der Waals surface area (Å²) >= 11 is 0. The molecular formula is C14H19N3. The van der Waals surface area contributed by atoms with Crippen LogP contribution in [0.2, 0.25) is 0 Å². The molecule has 0 amide bonds. The van der Waals surface area contributed by atoms with Crippen LogP contribution in [0.1, 0.15) is 30.1 Å². The van der Waals surface area contributed by atoms with Gasteiger partial charge >= 0.3 is 0 Å². The lowest BCUT2D eigenvalue weighted by molar-refractivity contribution is 0.859. The van der Waals surface area contributed by atoms with Crippen LogP contribution in [0.25, 0.3) is 11.6 Å². The second-order valence-corrected chi connectivity index (χ2v) is 4.23. The van der Waals surface area contributed by atoms with Gasteiger partial charge < -0.3 is 10.3 Å². The molecule has 90 valence electrons. The Morgan fingerprint density at radius 2 is 2.47 bits per heavy atom. The Morgan fingerprint density at radius 1 is 1.65 bits per heavy atom. The summed E-state index contributed by atoms with van der Waals surface area (Å²) in [4.78, 5) is 4.73. The van der Waals surface area contributed by atoms with E-state index in [-0.39, 0.29) is 0 Å². The summed E-state index contributed by atoms with van der Waals surface area (Å²) in [6.45, 7) is 4.38. The lowest BCUT2D eigenvalue weighted by Gasteiger charge is -2.07. The Morgan fingerprint density at radius 3 is 3.12 bits per heavy atom. The van der Waals surface area contributed by atoms with E-state index in [0.29, 0.717) is 6.54 Å². The predicted molar refractivity (Wildman–Crippen MR) is 72.4 cm³/mol. The molecule has 1 aliphatic carbocycles. The number of allylic oxidation sites excluding steroid dienone is 3. The Bertz CT molecular complexity index is 478. The van der Waals surface area contributed by atoms with Crippen molar-refractivity contribution < 1.29 is 0 Å². The number of hydrogen-bond donors (Lipinski definition) is 1. The van der Waals surface area contributed by atoms with E-state index in [1.54, 1.807) is 6.08 Å². The van der Waals surface area contributed by atoms with Crippen LogP contribution in [0.15, 0.2) is 24.8 Å². The molecule has 0 saturated carbocycles. The topological polar surface area (TPSA) is 43.8 Å². The van der Waals surface area contributed by atoms with E-state index in [0.717, 1.165) is 30.7 Å². The van der Waals surface area contributed by atoms with Crippen molar-refractivity contribution in [3.05, 3.63) is 42.0 Å². The summed E-state index contributed by atoms with van der Waals surface area (Å²) < 4.78 is 2.15. The van der Waals surface area contributed by atoms with Crippen molar-refractivity contribution in [1.29, 1.82) is 0 Å². The number of aromatic nitrogens is 2. The van der Waals surface area contributed by atoms with Crippen molar-refractivity contribution in [3.8, 4) is 0 Å². The maximum Gasteiger partial charge on any atom is 0.136 e. The summed E-state index contributed by atoms with van der Waals surface area (Å²) in [6, 6.07) is 0. The molecule has 0 aromatic carbocycles. The third kappa shape index (κ3) is 2.24. The molecule has 1 aromatic rings. The first kappa shape index (κ1) is 11.9.